The fourth-order valence-corrected chi connectivity index (χ4v) is 2.03. The van der Waals surface area contributed by atoms with Gasteiger partial charge in [0.05, 0.1) is 11.1 Å². The summed E-state index contributed by atoms with van der Waals surface area (Å²) < 4.78 is 45.2. The molecule has 4 N–H and O–H groups in total. The Bertz CT molecular complexity index is 794. The highest BCUT2D eigenvalue weighted by atomic mass is 19.4. The minimum absolute atomic E-state index is 0.0543. The molecule has 0 unspecified atom stereocenters. The Morgan fingerprint density at radius 2 is 1.96 bits per heavy atom. The molecule has 2 heterocycles. The molecular formula is C17H19F3N4O2. The van der Waals surface area contributed by atoms with Gasteiger partial charge in [0.25, 0.3) is 0 Å². The second-order valence-electron chi connectivity index (χ2n) is 6.03. The number of anilines is 1. The molecule has 0 fully saturated rings. The highest BCUT2D eigenvalue weighted by Crippen LogP contribution is 2.33. The normalized spacial score (nSPS) is 12.9. The first-order chi connectivity index (χ1) is 12.1. The number of ketones is 1. The molecule has 0 amide bonds. The van der Waals surface area contributed by atoms with Crippen molar-refractivity contribution in [2.24, 2.45) is 11.7 Å². The summed E-state index contributed by atoms with van der Waals surface area (Å²) in [5.41, 5.74) is 9.31. The van der Waals surface area contributed by atoms with Crippen LogP contribution in [-0.2, 0) is 6.18 Å². The van der Waals surface area contributed by atoms with Gasteiger partial charge in [-0.1, -0.05) is 13.8 Å². The molecule has 1 atom stereocenters. The third-order valence-electron chi connectivity index (χ3n) is 3.75. The van der Waals surface area contributed by atoms with Crippen LogP contribution in [0.1, 0.15) is 35.5 Å². The lowest BCUT2D eigenvalue weighted by atomic mass is 10.0. The predicted molar refractivity (Wildman–Crippen MR) is 89.6 cm³/mol. The van der Waals surface area contributed by atoms with Crippen molar-refractivity contribution in [3.63, 3.8) is 0 Å². The summed E-state index contributed by atoms with van der Waals surface area (Å²) >= 11 is 0. The van der Waals surface area contributed by atoms with E-state index in [1.54, 1.807) is 0 Å². The Balaban J connectivity index is 2.42. The van der Waals surface area contributed by atoms with Crippen LogP contribution >= 0.6 is 0 Å². The molecule has 26 heavy (non-hydrogen) atoms. The summed E-state index contributed by atoms with van der Waals surface area (Å²) in [6.07, 6.45) is -3.43. The lowest BCUT2D eigenvalue weighted by Crippen LogP contribution is -2.33. The van der Waals surface area contributed by atoms with E-state index >= 15 is 0 Å². The van der Waals surface area contributed by atoms with E-state index in [1.165, 1.54) is 18.3 Å². The summed E-state index contributed by atoms with van der Waals surface area (Å²) in [7, 11) is 0. The summed E-state index contributed by atoms with van der Waals surface area (Å²) in [6.45, 7) is 3.82. The number of nitrogens with zero attached hydrogens (tertiary/aromatic N) is 2. The third kappa shape index (κ3) is 4.48. The van der Waals surface area contributed by atoms with Crippen LogP contribution in [0.3, 0.4) is 0 Å². The van der Waals surface area contributed by atoms with E-state index < -0.39 is 23.2 Å². The molecule has 2 rings (SSSR count). The lowest BCUT2D eigenvalue weighted by Gasteiger charge is -2.17. The zero-order valence-corrected chi connectivity index (χ0v) is 14.2. The van der Waals surface area contributed by atoms with Gasteiger partial charge in [0.2, 0.25) is 11.7 Å². The van der Waals surface area contributed by atoms with Crippen molar-refractivity contribution in [2.45, 2.75) is 26.1 Å². The summed E-state index contributed by atoms with van der Waals surface area (Å²) in [5.74, 6) is -1.18. The van der Waals surface area contributed by atoms with Crippen molar-refractivity contribution in [3.05, 3.63) is 47.3 Å². The van der Waals surface area contributed by atoms with E-state index in [2.05, 4.69) is 9.97 Å². The highest BCUT2D eigenvalue weighted by Gasteiger charge is 2.37. The van der Waals surface area contributed by atoms with Crippen LogP contribution in [0.5, 0.6) is 5.88 Å². The van der Waals surface area contributed by atoms with Crippen LogP contribution in [0.25, 0.3) is 0 Å². The number of nitrogens with two attached hydrogens (primary N) is 2. The fraction of sp³-hybridized carbons (Fsp3) is 0.353. The van der Waals surface area contributed by atoms with Crippen LogP contribution in [0.2, 0.25) is 0 Å². The summed E-state index contributed by atoms with van der Waals surface area (Å²) in [6, 6.07) is 4.17. The van der Waals surface area contributed by atoms with Crippen molar-refractivity contribution in [3.8, 4) is 5.88 Å². The highest BCUT2D eigenvalue weighted by molar-refractivity contribution is 6.11. The quantitative estimate of drug-likeness (QED) is 0.760. The van der Waals surface area contributed by atoms with E-state index in [4.69, 9.17) is 16.2 Å². The maximum atomic E-state index is 13.3. The van der Waals surface area contributed by atoms with Gasteiger partial charge in [-0.2, -0.15) is 13.2 Å². The van der Waals surface area contributed by atoms with Gasteiger partial charge in [0.1, 0.15) is 18.1 Å². The van der Waals surface area contributed by atoms with Gasteiger partial charge in [-0.3, -0.25) is 4.79 Å². The first-order valence-corrected chi connectivity index (χ1v) is 7.83. The molecule has 2 aromatic rings. The first kappa shape index (κ1) is 19.6. The van der Waals surface area contributed by atoms with Gasteiger partial charge in [0.15, 0.2) is 0 Å². The molecule has 0 spiro atoms. The number of nitrogen functional groups attached to an aromatic ring is 1. The SMILES string of the molecule is CC(C)[C@H](N)COc1ccc(C(F)(F)F)c(C(=O)c2cccnc2N)n1. The maximum absolute atomic E-state index is 13.3. The molecule has 0 saturated carbocycles. The van der Waals surface area contributed by atoms with Gasteiger partial charge < -0.3 is 16.2 Å². The zero-order valence-electron chi connectivity index (χ0n) is 14.2. The lowest BCUT2D eigenvalue weighted by molar-refractivity contribution is -0.138. The molecule has 9 heteroatoms. The Kier molecular flexibility index (Phi) is 5.81. The van der Waals surface area contributed by atoms with Gasteiger partial charge in [-0.05, 0) is 24.1 Å². The first-order valence-electron chi connectivity index (χ1n) is 7.83. The van der Waals surface area contributed by atoms with Crippen LogP contribution < -0.4 is 16.2 Å². The number of carbonyl (C=O) groups is 1. The van der Waals surface area contributed by atoms with Crippen molar-refractivity contribution >= 4 is 11.6 Å². The number of hydrogen-bond donors (Lipinski definition) is 2. The molecular weight excluding hydrogens is 349 g/mol. The second kappa shape index (κ2) is 7.69. The molecule has 0 radical (unpaired) electrons. The average molecular weight is 368 g/mol. The third-order valence-corrected chi connectivity index (χ3v) is 3.75. The van der Waals surface area contributed by atoms with Crippen LogP contribution in [0.15, 0.2) is 30.5 Å². The number of halogens is 3. The van der Waals surface area contributed by atoms with Crippen LogP contribution in [0, 0.1) is 5.92 Å². The zero-order chi connectivity index (χ0) is 19.5. The standard InChI is InChI=1S/C17H19F3N4O2/c1-9(2)12(21)8-26-13-6-5-11(17(18,19)20)14(24-13)15(25)10-4-3-7-23-16(10)22/h3-7,9,12H,8,21H2,1-2H3,(H2,22,23)/t12-/m1/s1. The van der Waals surface area contributed by atoms with Crippen molar-refractivity contribution in [2.75, 3.05) is 12.3 Å². The molecule has 0 aliphatic heterocycles. The largest absolute Gasteiger partial charge is 0.476 e. The number of carbonyl (C=O) groups excluding carboxylic acids is 1. The molecule has 0 aromatic carbocycles. The summed E-state index contributed by atoms with van der Waals surface area (Å²) in [5, 5.41) is 0. The minimum atomic E-state index is -4.76. The van der Waals surface area contributed by atoms with Gasteiger partial charge in [0, 0.05) is 18.3 Å². The van der Waals surface area contributed by atoms with E-state index in [0.717, 1.165) is 12.1 Å². The number of alkyl halides is 3. The molecule has 6 nitrogen and oxygen atoms in total. The fourth-order valence-electron chi connectivity index (χ4n) is 2.03. The molecule has 140 valence electrons. The smallest absolute Gasteiger partial charge is 0.418 e. The van der Waals surface area contributed by atoms with Gasteiger partial charge in [-0.15, -0.1) is 0 Å². The number of ether oxygens (including phenoxy) is 1. The summed E-state index contributed by atoms with van der Waals surface area (Å²) in [4.78, 5) is 20.0. The van der Waals surface area contributed by atoms with E-state index in [-0.39, 0.29) is 35.8 Å². The Labute approximate surface area is 148 Å². The second-order valence-corrected chi connectivity index (χ2v) is 6.03. The Morgan fingerprint density at radius 3 is 2.54 bits per heavy atom. The minimum Gasteiger partial charge on any atom is -0.476 e. The number of hydrogen-bond acceptors (Lipinski definition) is 6. The van der Waals surface area contributed by atoms with Crippen molar-refractivity contribution in [1.29, 1.82) is 0 Å². The van der Waals surface area contributed by atoms with E-state index in [1.807, 2.05) is 13.8 Å². The van der Waals surface area contributed by atoms with Gasteiger partial charge in [-0.25, -0.2) is 9.97 Å². The topological polar surface area (TPSA) is 104 Å². The number of pyridine rings is 2. The van der Waals surface area contributed by atoms with E-state index in [0.29, 0.717) is 0 Å². The average Bonchev–Trinajstić information content (AvgIpc) is 2.58. The Hall–Kier alpha value is -2.68. The number of aromatic nitrogens is 2. The number of rotatable bonds is 6. The Morgan fingerprint density at radius 1 is 1.27 bits per heavy atom. The van der Waals surface area contributed by atoms with Crippen molar-refractivity contribution < 1.29 is 22.7 Å². The molecule has 0 saturated heterocycles. The maximum Gasteiger partial charge on any atom is 0.418 e. The molecule has 0 aliphatic rings. The van der Waals surface area contributed by atoms with Crippen molar-refractivity contribution in [1.82, 2.24) is 9.97 Å². The monoisotopic (exact) mass is 368 g/mol. The van der Waals surface area contributed by atoms with Crippen LogP contribution in [0.4, 0.5) is 19.0 Å². The van der Waals surface area contributed by atoms with Crippen LogP contribution in [-0.4, -0.2) is 28.4 Å². The molecule has 0 bridgehead atoms. The predicted octanol–water partition coefficient (Wildman–Crippen LogP) is 2.67. The van der Waals surface area contributed by atoms with Gasteiger partial charge >= 0.3 is 6.18 Å². The van der Waals surface area contributed by atoms with E-state index in [9.17, 15) is 18.0 Å². The molecule has 0 aliphatic carbocycles. The molecule has 2 aromatic heterocycles.